The number of carbonyl (C=O) groups excluding carboxylic acids is 1. The first-order valence-corrected chi connectivity index (χ1v) is 12.1. The minimum Gasteiger partial charge on any atom is -0.356 e. The van der Waals surface area contributed by atoms with E-state index in [-0.39, 0.29) is 29.9 Å². The van der Waals surface area contributed by atoms with E-state index in [0.29, 0.717) is 24.3 Å². The third kappa shape index (κ3) is 8.54. The van der Waals surface area contributed by atoms with E-state index in [4.69, 9.17) is 0 Å². The molecule has 2 unspecified atom stereocenters. The quantitative estimate of drug-likeness (QED) is 0.264. The van der Waals surface area contributed by atoms with Crippen LogP contribution in [0.5, 0.6) is 0 Å². The van der Waals surface area contributed by atoms with Crippen molar-refractivity contribution in [2.24, 2.45) is 16.8 Å². The normalized spacial score (nSPS) is 20.5. The van der Waals surface area contributed by atoms with E-state index in [9.17, 15) is 4.79 Å². The molecular weight excluding hydrogens is 513 g/mol. The fourth-order valence-electron chi connectivity index (χ4n) is 4.80. The average Bonchev–Trinajstić information content (AvgIpc) is 3.42. The van der Waals surface area contributed by atoms with Gasteiger partial charge in [0, 0.05) is 51.6 Å². The van der Waals surface area contributed by atoms with Crippen LogP contribution in [0.15, 0.2) is 35.3 Å². The van der Waals surface area contributed by atoms with Crippen molar-refractivity contribution in [3.63, 3.8) is 0 Å². The van der Waals surface area contributed by atoms with Crippen molar-refractivity contribution in [3.05, 3.63) is 35.9 Å². The molecule has 7 heteroatoms. The average molecular weight is 556 g/mol. The second-order valence-electron chi connectivity index (χ2n) is 9.51. The monoisotopic (exact) mass is 555 g/mol. The second-order valence-corrected chi connectivity index (χ2v) is 9.51. The number of benzene rings is 1. The highest BCUT2D eigenvalue weighted by molar-refractivity contribution is 14.0. The lowest BCUT2D eigenvalue weighted by Gasteiger charge is -2.30. The number of halogens is 1. The number of hydrogen-bond donors (Lipinski definition) is 2. The number of nitrogens with one attached hydrogen (secondary N) is 2. The van der Waals surface area contributed by atoms with E-state index in [1.54, 1.807) is 0 Å². The molecule has 0 saturated carbocycles. The molecule has 2 saturated heterocycles. The van der Waals surface area contributed by atoms with Gasteiger partial charge in [0.25, 0.3) is 0 Å². The maximum atomic E-state index is 12.4. The Balaban J connectivity index is 0.00000363. The Morgan fingerprint density at radius 2 is 1.88 bits per heavy atom. The maximum Gasteiger partial charge on any atom is 0.223 e. The molecule has 1 amide bonds. The molecule has 2 aliphatic heterocycles. The van der Waals surface area contributed by atoms with Crippen LogP contribution in [0.4, 0.5) is 0 Å². The van der Waals surface area contributed by atoms with Gasteiger partial charge in [0.15, 0.2) is 5.96 Å². The molecule has 1 aromatic rings. The summed E-state index contributed by atoms with van der Waals surface area (Å²) in [5, 5.41) is 7.01. The van der Waals surface area contributed by atoms with Gasteiger partial charge in [-0.05, 0) is 50.3 Å². The van der Waals surface area contributed by atoms with Crippen molar-refractivity contribution in [1.82, 2.24) is 20.4 Å². The molecule has 2 N–H and O–H groups in total. The van der Waals surface area contributed by atoms with Crippen LogP contribution in [0.3, 0.4) is 0 Å². The van der Waals surface area contributed by atoms with Crippen LogP contribution < -0.4 is 10.6 Å². The van der Waals surface area contributed by atoms with Crippen LogP contribution in [0.1, 0.15) is 45.1 Å². The first-order chi connectivity index (χ1) is 15.0. The Kier molecular flexibility index (Phi) is 11.8. The van der Waals surface area contributed by atoms with Crippen LogP contribution >= 0.6 is 24.0 Å². The highest BCUT2D eigenvalue weighted by Crippen LogP contribution is 2.18. The summed E-state index contributed by atoms with van der Waals surface area (Å²) < 4.78 is 0. The van der Waals surface area contributed by atoms with Crippen molar-refractivity contribution < 1.29 is 4.79 Å². The van der Waals surface area contributed by atoms with E-state index in [0.717, 1.165) is 38.6 Å². The number of amides is 1. The van der Waals surface area contributed by atoms with Gasteiger partial charge in [-0.25, -0.2) is 0 Å². The van der Waals surface area contributed by atoms with Crippen LogP contribution in [0.2, 0.25) is 0 Å². The summed E-state index contributed by atoms with van der Waals surface area (Å²) in [4.78, 5) is 21.5. The van der Waals surface area contributed by atoms with Gasteiger partial charge in [-0.2, -0.15) is 0 Å². The van der Waals surface area contributed by atoms with Gasteiger partial charge < -0.3 is 15.5 Å². The molecule has 32 heavy (non-hydrogen) atoms. The van der Waals surface area contributed by atoms with Gasteiger partial charge in [0.1, 0.15) is 0 Å². The van der Waals surface area contributed by atoms with Gasteiger partial charge in [0.2, 0.25) is 5.91 Å². The summed E-state index contributed by atoms with van der Waals surface area (Å²) in [7, 11) is 1.83. The summed E-state index contributed by atoms with van der Waals surface area (Å²) in [6.45, 7) is 10.4. The molecular formula is C25H42IN5O. The molecule has 0 spiro atoms. The van der Waals surface area contributed by atoms with Crippen molar-refractivity contribution >= 4 is 35.8 Å². The van der Waals surface area contributed by atoms with Gasteiger partial charge in [-0.15, -0.1) is 24.0 Å². The molecule has 0 bridgehead atoms. The summed E-state index contributed by atoms with van der Waals surface area (Å²) in [5.74, 6) is 2.15. The fraction of sp³-hybridized carbons (Fsp3) is 0.680. The van der Waals surface area contributed by atoms with Crippen molar-refractivity contribution in [3.8, 4) is 0 Å². The first-order valence-electron chi connectivity index (χ1n) is 12.1. The third-order valence-corrected chi connectivity index (χ3v) is 6.50. The van der Waals surface area contributed by atoms with Crippen LogP contribution in [-0.2, 0) is 11.2 Å². The van der Waals surface area contributed by atoms with E-state index in [2.05, 4.69) is 58.6 Å². The molecule has 180 valence electrons. The smallest absolute Gasteiger partial charge is 0.223 e. The lowest BCUT2D eigenvalue weighted by atomic mass is 10.0. The summed E-state index contributed by atoms with van der Waals surface area (Å²) in [6.07, 6.45) is 5.39. The molecule has 1 aromatic carbocycles. The van der Waals surface area contributed by atoms with Gasteiger partial charge in [-0.3, -0.25) is 14.7 Å². The van der Waals surface area contributed by atoms with Crippen molar-refractivity contribution in [2.75, 3.05) is 46.3 Å². The Bertz CT molecular complexity index is 706. The van der Waals surface area contributed by atoms with Crippen LogP contribution in [-0.4, -0.2) is 74.0 Å². The molecule has 2 heterocycles. The molecule has 2 atom stereocenters. The zero-order valence-electron chi connectivity index (χ0n) is 20.1. The number of nitrogens with zero attached hydrogens (tertiary/aromatic N) is 3. The lowest BCUT2D eigenvalue weighted by Crippen LogP contribution is -2.47. The second kappa shape index (κ2) is 14.0. The van der Waals surface area contributed by atoms with Gasteiger partial charge in [0.05, 0.1) is 0 Å². The lowest BCUT2D eigenvalue weighted by molar-refractivity contribution is -0.127. The minimum atomic E-state index is 0. The zero-order valence-corrected chi connectivity index (χ0v) is 22.4. The molecule has 0 aliphatic carbocycles. The highest BCUT2D eigenvalue weighted by Gasteiger charge is 2.29. The minimum absolute atomic E-state index is 0. The Morgan fingerprint density at radius 3 is 2.53 bits per heavy atom. The molecule has 0 radical (unpaired) electrons. The summed E-state index contributed by atoms with van der Waals surface area (Å²) in [6, 6.07) is 11.0. The number of rotatable bonds is 10. The molecule has 6 nitrogen and oxygen atoms in total. The van der Waals surface area contributed by atoms with Gasteiger partial charge >= 0.3 is 0 Å². The Labute approximate surface area is 211 Å². The van der Waals surface area contributed by atoms with E-state index in [1.165, 1.54) is 37.9 Å². The standard InChI is InChI=1S/C25H41N5O.HI/c1-20(2)15-23(29-12-7-8-13-29)18-28-25(26-3)27-17-22-16-24(31)30(19-22)14-11-21-9-5-4-6-10-21;/h4-6,9-10,20,22-23H,7-8,11-19H2,1-3H3,(H2,26,27,28);1H. The summed E-state index contributed by atoms with van der Waals surface area (Å²) in [5.41, 5.74) is 1.29. The van der Waals surface area contributed by atoms with Crippen LogP contribution in [0, 0.1) is 11.8 Å². The molecule has 2 aliphatic rings. The number of guanidine groups is 1. The number of aliphatic imine (C=N–C) groups is 1. The highest BCUT2D eigenvalue weighted by atomic mass is 127. The third-order valence-electron chi connectivity index (χ3n) is 6.50. The molecule has 3 rings (SSSR count). The van der Waals surface area contributed by atoms with Crippen molar-refractivity contribution in [2.45, 2.75) is 52.0 Å². The Hall–Kier alpha value is -1.35. The van der Waals surface area contributed by atoms with E-state index < -0.39 is 0 Å². The molecule has 0 aromatic heterocycles. The SMILES string of the molecule is CN=C(NCC1CC(=O)N(CCc2ccccc2)C1)NCC(CC(C)C)N1CCCC1.I. The summed E-state index contributed by atoms with van der Waals surface area (Å²) >= 11 is 0. The number of likely N-dealkylation sites (tertiary alicyclic amines) is 2. The largest absolute Gasteiger partial charge is 0.356 e. The van der Waals surface area contributed by atoms with E-state index >= 15 is 0 Å². The van der Waals surface area contributed by atoms with E-state index in [1.807, 2.05) is 18.0 Å². The fourth-order valence-corrected chi connectivity index (χ4v) is 4.80. The topological polar surface area (TPSA) is 60.0 Å². The van der Waals surface area contributed by atoms with Gasteiger partial charge in [-0.1, -0.05) is 44.2 Å². The Morgan fingerprint density at radius 1 is 1.16 bits per heavy atom. The maximum absolute atomic E-state index is 12.4. The van der Waals surface area contributed by atoms with Crippen LogP contribution in [0.25, 0.3) is 0 Å². The molecule has 2 fully saturated rings. The predicted octanol–water partition coefficient (Wildman–Crippen LogP) is 3.37. The zero-order chi connectivity index (χ0) is 22.1. The number of hydrogen-bond acceptors (Lipinski definition) is 3. The first kappa shape index (κ1) is 26.9. The number of carbonyl (C=O) groups is 1. The predicted molar refractivity (Wildman–Crippen MR) is 144 cm³/mol. The van der Waals surface area contributed by atoms with Crippen molar-refractivity contribution in [1.29, 1.82) is 0 Å².